The van der Waals surface area contributed by atoms with Gasteiger partial charge >= 0.3 is 0 Å². The van der Waals surface area contributed by atoms with Gasteiger partial charge in [0, 0.05) is 65.3 Å². The average molecular weight is 1580 g/mol. The third-order valence-electron chi connectivity index (χ3n) is 25.2. The van der Waals surface area contributed by atoms with Crippen LogP contribution >= 0.6 is 0 Å². The smallest absolute Gasteiger partial charge is 0.161 e. The molecule has 0 atom stereocenters. The Morgan fingerprint density at radius 3 is 0.782 bits per heavy atom. The molecule has 576 valence electrons. The monoisotopic (exact) mass is 1570 g/mol. The summed E-state index contributed by atoms with van der Waals surface area (Å²) in [5.41, 5.74) is 26.6. The third-order valence-corrected chi connectivity index (χ3v) is 25.2. The lowest BCUT2D eigenvalue weighted by Gasteiger charge is -2.15. The van der Waals surface area contributed by atoms with E-state index in [1.54, 1.807) is 0 Å². The Morgan fingerprint density at radius 2 is 0.411 bits per heavy atom. The van der Waals surface area contributed by atoms with E-state index >= 15 is 0 Å². The molecule has 0 aliphatic rings. The van der Waals surface area contributed by atoms with Crippen LogP contribution in [0.1, 0.15) is 0 Å². The molecule has 0 fully saturated rings. The summed E-state index contributed by atoms with van der Waals surface area (Å²) in [5, 5.41) is 21.6. The van der Waals surface area contributed by atoms with Gasteiger partial charge in [-0.15, -0.1) is 0 Å². The summed E-state index contributed by atoms with van der Waals surface area (Å²) in [6.45, 7) is 0. The number of nitrogens with zero attached hydrogens (tertiary/aromatic N) is 6. The van der Waals surface area contributed by atoms with Crippen LogP contribution in [0.15, 0.2) is 449 Å². The molecule has 0 amide bonds. The van der Waals surface area contributed by atoms with Gasteiger partial charge in [-0.2, -0.15) is 0 Å². The van der Waals surface area contributed by atoms with E-state index in [0.717, 1.165) is 99.5 Å². The highest BCUT2D eigenvalue weighted by Gasteiger charge is 2.25. The minimum Gasteiger partial charge on any atom is -0.309 e. The predicted octanol–water partition coefficient (Wildman–Crippen LogP) is 31.4. The Labute approximate surface area is 715 Å². The molecule has 21 aromatic carbocycles. The lowest BCUT2D eigenvalue weighted by Crippen LogP contribution is -1.98. The molecule has 0 saturated heterocycles. The fraction of sp³-hybridized carbons (Fsp3) is 0. The maximum atomic E-state index is 5.44. The van der Waals surface area contributed by atoms with Gasteiger partial charge in [-0.05, 0) is 182 Å². The van der Waals surface area contributed by atoms with Crippen molar-refractivity contribution in [2.75, 3.05) is 0 Å². The van der Waals surface area contributed by atoms with Crippen molar-refractivity contribution >= 4 is 130 Å². The fourth-order valence-corrected chi connectivity index (χ4v) is 19.4. The molecule has 0 radical (unpaired) electrons. The van der Waals surface area contributed by atoms with Crippen LogP contribution in [0.5, 0.6) is 0 Å². The molecule has 25 rings (SSSR count). The maximum Gasteiger partial charge on any atom is 0.161 e. The molecule has 0 aliphatic carbocycles. The molecule has 4 heterocycles. The van der Waals surface area contributed by atoms with E-state index < -0.39 is 0 Å². The zero-order valence-corrected chi connectivity index (χ0v) is 67.4. The van der Waals surface area contributed by atoms with Gasteiger partial charge in [-0.1, -0.05) is 376 Å². The SMILES string of the molecule is c1ccc(-c2cc(-c3ccccc3)cc(-c3ccc(-c4nc(-c5cccc6c(-n7c8ccc9ccccc9c8c8c9ccccc9ccc87)cccc56)nc5ccccc45)cc3)c2)cc1.c1ccc(-c2cccc(-c3ccc(-c4nc(-c5cccc6c(-n7c8ccc9ccccc9c8c8c9ccccc9ccc87)cccc56)nc5ccccc45)cc3)c2)cc1. The molecular weight excluding hydrogens is 1500 g/mol. The molecule has 6 nitrogen and oxygen atoms in total. The first-order chi connectivity index (χ1) is 61.5. The number of fused-ring (bicyclic) bond motifs is 18. The summed E-state index contributed by atoms with van der Waals surface area (Å²) in [4.78, 5) is 21.3. The predicted molar refractivity (Wildman–Crippen MR) is 522 cm³/mol. The van der Waals surface area contributed by atoms with Gasteiger partial charge in [0.15, 0.2) is 11.6 Å². The quantitative estimate of drug-likeness (QED) is 0.129. The van der Waals surface area contributed by atoms with Gasteiger partial charge in [-0.3, -0.25) is 0 Å². The molecule has 25 aromatic rings. The standard InChI is InChI=1S/C62H39N3.C56H35N3/c1-3-15-40(16-4-1)46-37-47(41-17-5-2-6-18-41)39-48(38-46)42-29-31-45(32-30-42)61-54-23-11-12-27-55(54)63-62(64-61)53-26-13-25-52-51(53)24-14-28-56(52)65-57-35-33-43-19-7-9-21-49(43)59(57)60-50-22-10-8-20-44(50)34-36-58(60)65;1-2-13-36(14-3-1)41-17-10-18-42(35-41)37-27-29-40(30-28-37)55-48-21-8-9-25-49(48)57-56(58-55)47-24-11-23-46-45(47)22-12-26-50(46)59-51-33-31-38-15-4-6-19-43(38)53(51)54-44-20-7-5-16-39(44)32-34-52(54)59/h1-39H;1-35H. The van der Waals surface area contributed by atoms with Crippen LogP contribution in [0.3, 0.4) is 0 Å². The summed E-state index contributed by atoms with van der Waals surface area (Å²) in [6, 6.07) is 161. The van der Waals surface area contributed by atoms with Gasteiger partial charge in [0.2, 0.25) is 0 Å². The van der Waals surface area contributed by atoms with Crippen LogP contribution in [0, 0.1) is 0 Å². The first-order valence-electron chi connectivity index (χ1n) is 42.4. The number of benzene rings is 21. The summed E-state index contributed by atoms with van der Waals surface area (Å²) in [6.07, 6.45) is 0. The van der Waals surface area contributed by atoms with Crippen molar-refractivity contribution in [3.05, 3.63) is 449 Å². The van der Waals surface area contributed by atoms with Crippen molar-refractivity contribution in [3.8, 4) is 112 Å². The molecule has 0 N–H and O–H groups in total. The van der Waals surface area contributed by atoms with Crippen LogP contribution in [-0.2, 0) is 0 Å². The van der Waals surface area contributed by atoms with Crippen LogP contribution in [0.2, 0.25) is 0 Å². The Morgan fingerprint density at radius 1 is 0.153 bits per heavy atom. The second-order valence-corrected chi connectivity index (χ2v) is 32.2. The Hall–Kier alpha value is -16.5. The summed E-state index contributed by atoms with van der Waals surface area (Å²) < 4.78 is 4.92. The molecule has 0 bridgehead atoms. The largest absolute Gasteiger partial charge is 0.309 e. The molecule has 0 unspecified atom stereocenters. The fourth-order valence-electron chi connectivity index (χ4n) is 19.4. The summed E-state index contributed by atoms with van der Waals surface area (Å²) in [5.74, 6) is 1.41. The van der Waals surface area contributed by atoms with Gasteiger partial charge in [0.1, 0.15) is 0 Å². The first kappa shape index (κ1) is 71.6. The number of para-hydroxylation sites is 2. The van der Waals surface area contributed by atoms with E-state index in [4.69, 9.17) is 19.9 Å². The van der Waals surface area contributed by atoms with Gasteiger partial charge in [0.25, 0.3) is 0 Å². The van der Waals surface area contributed by atoms with E-state index in [1.807, 2.05) is 0 Å². The van der Waals surface area contributed by atoms with Crippen LogP contribution in [0.4, 0.5) is 0 Å². The van der Waals surface area contributed by atoms with Crippen molar-refractivity contribution in [2.24, 2.45) is 0 Å². The molecular formula is C118H74N6. The highest BCUT2D eigenvalue weighted by atomic mass is 15.0. The maximum absolute atomic E-state index is 5.44. The molecule has 4 aromatic heterocycles. The molecule has 0 aliphatic heterocycles. The molecule has 124 heavy (non-hydrogen) atoms. The van der Waals surface area contributed by atoms with E-state index in [2.05, 4.69) is 458 Å². The van der Waals surface area contributed by atoms with Crippen molar-refractivity contribution in [3.63, 3.8) is 0 Å². The average Bonchev–Trinajstić information content (AvgIpc) is 1.56. The minimum absolute atomic E-state index is 0.702. The summed E-state index contributed by atoms with van der Waals surface area (Å²) >= 11 is 0. The van der Waals surface area contributed by atoms with Gasteiger partial charge in [0.05, 0.1) is 55.9 Å². The van der Waals surface area contributed by atoms with E-state index in [9.17, 15) is 0 Å². The van der Waals surface area contributed by atoms with E-state index in [1.165, 1.54) is 131 Å². The lowest BCUT2D eigenvalue weighted by atomic mass is 9.93. The minimum atomic E-state index is 0.702. The van der Waals surface area contributed by atoms with Gasteiger partial charge in [-0.25, -0.2) is 19.9 Å². The number of rotatable bonds is 11. The zero-order chi connectivity index (χ0) is 81.7. The Balaban J connectivity index is 0.000000140. The molecule has 6 heteroatoms. The molecule has 0 spiro atoms. The van der Waals surface area contributed by atoms with Crippen molar-refractivity contribution in [1.82, 2.24) is 29.1 Å². The highest BCUT2D eigenvalue weighted by molar-refractivity contribution is 6.31. The second-order valence-electron chi connectivity index (χ2n) is 32.2. The van der Waals surface area contributed by atoms with Crippen molar-refractivity contribution in [2.45, 2.75) is 0 Å². The van der Waals surface area contributed by atoms with E-state index in [-0.39, 0.29) is 0 Å². The van der Waals surface area contributed by atoms with Crippen molar-refractivity contribution in [1.29, 1.82) is 0 Å². The Kier molecular flexibility index (Phi) is 17.2. The lowest BCUT2D eigenvalue weighted by molar-refractivity contribution is 1.20. The number of aromatic nitrogens is 6. The topological polar surface area (TPSA) is 61.4 Å². The van der Waals surface area contributed by atoms with Crippen LogP contribution in [0.25, 0.3) is 242 Å². The zero-order valence-electron chi connectivity index (χ0n) is 67.4. The van der Waals surface area contributed by atoms with E-state index in [0.29, 0.717) is 11.6 Å². The first-order valence-corrected chi connectivity index (χ1v) is 42.4. The number of hydrogen-bond acceptors (Lipinski definition) is 4. The van der Waals surface area contributed by atoms with Crippen LogP contribution < -0.4 is 0 Å². The highest BCUT2D eigenvalue weighted by Crippen LogP contribution is 2.47. The van der Waals surface area contributed by atoms with Gasteiger partial charge < -0.3 is 9.13 Å². The Bertz CT molecular complexity index is 8340. The molecule has 0 saturated carbocycles. The number of hydrogen-bond donors (Lipinski definition) is 0. The second kappa shape index (κ2) is 29.8. The normalized spacial score (nSPS) is 11.7. The third kappa shape index (κ3) is 12.2. The summed E-state index contributed by atoms with van der Waals surface area (Å²) in [7, 11) is 0. The van der Waals surface area contributed by atoms with Crippen LogP contribution in [-0.4, -0.2) is 29.1 Å². The van der Waals surface area contributed by atoms with Crippen molar-refractivity contribution < 1.29 is 0 Å².